The molecule has 0 spiro atoms. The molecule has 1 aliphatic rings. The van der Waals surface area contributed by atoms with Crippen LogP contribution in [-0.2, 0) is 17.7 Å². The second-order valence-electron chi connectivity index (χ2n) is 8.71. The van der Waals surface area contributed by atoms with E-state index in [4.69, 9.17) is 14.5 Å². The molecule has 0 N–H and O–H groups in total. The highest BCUT2D eigenvalue weighted by Crippen LogP contribution is 2.30. The minimum absolute atomic E-state index is 0.254. The molecule has 0 aliphatic carbocycles. The van der Waals surface area contributed by atoms with Gasteiger partial charge in [-0.2, -0.15) is 0 Å². The van der Waals surface area contributed by atoms with Crippen molar-refractivity contribution in [2.45, 2.75) is 51.7 Å². The molecule has 166 valence electrons. The zero-order valence-electron chi connectivity index (χ0n) is 19.1. The monoisotopic (exact) mass is 421 g/mol. The number of imidazole rings is 1. The predicted octanol–water partition coefficient (Wildman–Crippen LogP) is 4.89. The van der Waals surface area contributed by atoms with Crippen LogP contribution in [0.4, 0.5) is 0 Å². The van der Waals surface area contributed by atoms with E-state index < -0.39 is 0 Å². The molecule has 5 nitrogen and oxygen atoms in total. The van der Waals surface area contributed by atoms with E-state index in [0.717, 1.165) is 63.3 Å². The molecular weight excluding hydrogens is 386 g/mol. The highest BCUT2D eigenvalue weighted by atomic mass is 16.5. The Labute approximate surface area is 186 Å². The SMILES string of the molecule is COc1ccccc1CCN1CCC(c2nc3ccccc3n2CCOC(C)C)CC1. The molecule has 5 heteroatoms. The lowest BCUT2D eigenvalue weighted by atomic mass is 9.95. The number of rotatable bonds is 9. The Morgan fingerprint density at radius 2 is 1.74 bits per heavy atom. The molecule has 3 aromatic rings. The minimum atomic E-state index is 0.254. The highest BCUT2D eigenvalue weighted by Gasteiger charge is 2.25. The third kappa shape index (κ3) is 5.28. The summed E-state index contributed by atoms with van der Waals surface area (Å²) >= 11 is 0. The Morgan fingerprint density at radius 3 is 2.52 bits per heavy atom. The van der Waals surface area contributed by atoms with Crippen molar-refractivity contribution in [3.8, 4) is 5.75 Å². The fraction of sp³-hybridized carbons (Fsp3) is 0.500. The van der Waals surface area contributed by atoms with Crippen molar-refractivity contribution in [1.82, 2.24) is 14.5 Å². The molecule has 0 bridgehead atoms. The van der Waals surface area contributed by atoms with Crippen LogP contribution in [0, 0.1) is 0 Å². The quantitative estimate of drug-likeness (QED) is 0.493. The number of hydrogen-bond acceptors (Lipinski definition) is 4. The van der Waals surface area contributed by atoms with Crippen LogP contribution >= 0.6 is 0 Å². The molecule has 1 aliphatic heterocycles. The van der Waals surface area contributed by atoms with Crippen molar-refractivity contribution < 1.29 is 9.47 Å². The Hall–Kier alpha value is -2.37. The summed E-state index contributed by atoms with van der Waals surface area (Å²) in [6.45, 7) is 9.08. The van der Waals surface area contributed by atoms with Gasteiger partial charge in [0, 0.05) is 19.0 Å². The first-order valence-corrected chi connectivity index (χ1v) is 11.6. The van der Waals surface area contributed by atoms with Crippen LogP contribution in [0.2, 0.25) is 0 Å². The second kappa shape index (κ2) is 10.3. The van der Waals surface area contributed by atoms with Crippen LogP contribution in [0.1, 0.15) is 44.0 Å². The number of nitrogens with zero attached hydrogens (tertiary/aromatic N) is 3. The number of hydrogen-bond donors (Lipinski definition) is 0. The summed E-state index contributed by atoms with van der Waals surface area (Å²) in [6, 6.07) is 16.8. The molecule has 2 heterocycles. The maximum atomic E-state index is 5.85. The van der Waals surface area contributed by atoms with Crippen molar-refractivity contribution in [1.29, 1.82) is 0 Å². The summed E-state index contributed by atoms with van der Waals surface area (Å²) in [5.74, 6) is 2.74. The van der Waals surface area contributed by atoms with E-state index in [2.05, 4.69) is 65.8 Å². The number of likely N-dealkylation sites (tertiary alicyclic amines) is 1. The molecule has 0 unspecified atom stereocenters. The third-order valence-electron chi connectivity index (χ3n) is 6.29. The van der Waals surface area contributed by atoms with Crippen LogP contribution in [0.3, 0.4) is 0 Å². The zero-order chi connectivity index (χ0) is 21.6. The summed E-state index contributed by atoms with van der Waals surface area (Å²) in [5, 5.41) is 0. The van der Waals surface area contributed by atoms with Gasteiger partial charge in [-0.3, -0.25) is 0 Å². The number of fused-ring (bicyclic) bond motifs is 1. The number of piperidine rings is 1. The van der Waals surface area contributed by atoms with Crippen molar-refractivity contribution in [2.75, 3.05) is 33.4 Å². The smallest absolute Gasteiger partial charge is 0.122 e. The topological polar surface area (TPSA) is 39.5 Å². The van der Waals surface area contributed by atoms with Crippen molar-refractivity contribution in [3.05, 3.63) is 59.9 Å². The molecule has 31 heavy (non-hydrogen) atoms. The van der Waals surface area contributed by atoms with E-state index in [-0.39, 0.29) is 6.10 Å². The van der Waals surface area contributed by atoms with Gasteiger partial charge < -0.3 is 18.9 Å². The van der Waals surface area contributed by atoms with Crippen LogP contribution in [0.5, 0.6) is 5.75 Å². The Balaban J connectivity index is 1.40. The van der Waals surface area contributed by atoms with Gasteiger partial charge in [0.15, 0.2) is 0 Å². The summed E-state index contributed by atoms with van der Waals surface area (Å²) in [5.41, 5.74) is 3.61. The summed E-state index contributed by atoms with van der Waals surface area (Å²) in [6.07, 6.45) is 3.59. The normalized spacial score (nSPS) is 15.7. The molecule has 0 atom stereocenters. The van der Waals surface area contributed by atoms with Gasteiger partial charge in [0.2, 0.25) is 0 Å². The Morgan fingerprint density at radius 1 is 1.00 bits per heavy atom. The first-order chi connectivity index (χ1) is 15.2. The maximum Gasteiger partial charge on any atom is 0.122 e. The summed E-state index contributed by atoms with van der Waals surface area (Å²) in [4.78, 5) is 7.63. The van der Waals surface area contributed by atoms with Crippen LogP contribution in [0.15, 0.2) is 48.5 Å². The number of benzene rings is 2. The molecule has 1 saturated heterocycles. The first-order valence-electron chi connectivity index (χ1n) is 11.6. The fourth-order valence-electron chi connectivity index (χ4n) is 4.62. The van der Waals surface area contributed by atoms with Crippen molar-refractivity contribution >= 4 is 11.0 Å². The average molecular weight is 422 g/mol. The van der Waals surface area contributed by atoms with Gasteiger partial charge in [0.05, 0.1) is 30.9 Å². The number of para-hydroxylation sites is 3. The first kappa shape index (κ1) is 21.8. The lowest BCUT2D eigenvalue weighted by Gasteiger charge is -2.32. The lowest BCUT2D eigenvalue weighted by Crippen LogP contribution is -2.35. The molecule has 1 aromatic heterocycles. The number of methoxy groups -OCH3 is 1. The van der Waals surface area contributed by atoms with E-state index in [1.807, 2.05) is 6.07 Å². The standard InChI is InChI=1S/C26H35N3O2/c1-20(2)31-19-18-29-24-10-6-5-9-23(24)27-26(29)22-13-16-28(17-14-22)15-12-21-8-4-7-11-25(21)30-3/h4-11,20,22H,12-19H2,1-3H3. The largest absolute Gasteiger partial charge is 0.496 e. The molecule has 0 radical (unpaired) electrons. The van der Waals surface area contributed by atoms with E-state index in [0.29, 0.717) is 5.92 Å². The third-order valence-corrected chi connectivity index (χ3v) is 6.29. The van der Waals surface area contributed by atoms with E-state index >= 15 is 0 Å². The van der Waals surface area contributed by atoms with E-state index in [1.165, 1.54) is 16.9 Å². The van der Waals surface area contributed by atoms with Crippen molar-refractivity contribution in [2.24, 2.45) is 0 Å². The van der Waals surface area contributed by atoms with Crippen LogP contribution in [0.25, 0.3) is 11.0 Å². The highest BCUT2D eigenvalue weighted by molar-refractivity contribution is 5.76. The van der Waals surface area contributed by atoms with Gasteiger partial charge in [-0.1, -0.05) is 30.3 Å². The fourth-order valence-corrected chi connectivity index (χ4v) is 4.62. The molecule has 0 saturated carbocycles. The van der Waals surface area contributed by atoms with Crippen LogP contribution in [-0.4, -0.2) is 53.9 Å². The zero-order valence-corrected chi connectivity index (χ0v) is 19.1. The minimum Gasteiger partial charge on any atom is -0.496 e. The molecule has 0 amide bonds. The molecule has 4 rings (SSSR count). The van der Waals surface area contributed by atoms with E-state index in [1.54, 1.807) is 7.11 Å². The summed E-state index contributed by atoms with van der Waals surface area (Å²) < 4.78 is 13.8. The van der Waals surface area contributed by atoms with Crippen LogP contribution < -0.4 is 4.74 Å². The summed E-state index contributed by atoms with van der Waals surface area (Å²) in [7, 11) is 1.75. The predicted molar refractivity (Wildman–Crippen MR) is 126 cm³/mol. The van der Waals surface area contributed by atoms with Gasteiger partial charge in [-0.05, 0) is 70.0 Å². The van der Waals surface area contributed by atoms with Gasteiger partial charge in [0.25, 0.3) is 0 Å². The second-order valence-corrected chi connectivity index (χ2v) is 8.71. The number of ether oxygens (including phenoxy) is 2. The average Bonchev–Trinajstić information content (AvgIpc) is 3.16. The molecule has 2 aromatic carbocycles. The lowest BCUT2D eigenvalue weighted by molar-refractivity contribution is 0.0724. The molecular formula is C26H35N3O2. The van der Waals surface area contributed by atoms with Gasteiger partial charge in [0.1, 0.15) is 11.6 Å². The number of aromatic nitrogens is 2. The van der Waals surface area contributed by atoms with Gasteiger partial charge >= 0.3 is 0 Å². The van der Waals surface area contributed by atoms with Gasteiger partial charge in [-0.25, -0.2) is 4.98 Å². The van der Waals surface area contributed by atoms with Gasteiger partial charge in [-0.15, -0.1) is 0 Å². The van der Waals surface area contributed by atoms with E-state index in [9.17, 15) is 0 Å². The van der Waals surface area contributed by atoms with Crippen molar-refractivity contribution in [3.63, 3.8) is 0 Å². The molecule has 1 fully saturated rings. The Kier molecular flexibility index (Phi) is 7.25. The maximum absolute atomic E-state index is 5.85. The Bertz CT molecular complexity index is 974.